The second-order valence-electron chi connectivity index (χ2n) is 2.92. The van der Waals surface area contributed by atoms with E-state index in [0.29, 0.717) is 0 Å². The molecule has 0 aliphatic rings. The van der Waals surface area contributed by atoms with E-state index >= 15 is 0 Å². The zero-order chi connectivity index (χ0) is 12.3. The van der Waals surface area contributed by atoms with Crippen LogP contribution in [0, 0.1) is 0 Å². The van der Waals surface area contributed by atoms with Crippen LogP contribution < -0.4 is 16.0 Å². The van der Waals surface area contributed by atoms with Crippen LogP contribution in [0.1, 0.15) is 10.5 Å². The summed E-state index contributed by atoms with van der Waals surface area (Å²) in [7, 11) is -4.49. The normalized spacial score (nSPS) is 11.6. The number of carbonyl (C=O) groups excluding carboxylic acids is 1. The minimum absolute atomic E-state index is 0.0381. The van der Waals surface area contributed by atoms with E-state index in [2.05, 4.69) is 9.51 Å². The maximum absolute atomic E-state index is 10.8. The number of phosphoric ester groups is 1. The van der Waals surface area contributed by atoms with E-state index < -0.39 is 13.7 Å². The molecule has 9 nitrogen and oxygen atoms in total. The first-order valence-corrected chi connectivity index (χ1v) is 5.70. The third kappa shape index (κ3) is 3.31. The van der Waals surface area contributed by atoms with Crippen LogP contribution in [0.4, 0.5) is 5.82 Å². The number of H-pyrrole nitrogens is 1. The summed E-state index contributed by atoms with van der Waals surface area (Å²) in [6.45, 7) is -0.157. The summed E-state index contributed by atoms with van der Waals surface area (Å²) < 4.78 is 15.9. The van der Waals surface area contributed by atoms with E-state index in [1.54, 1.807) is 0 Å². The fourth-order valence-corrected chi connectivity index (χ4v) is 1.39. The van der Waals surface area contributed by atoms with Crippen LogP contribution in [0.15, 0.2) is 6.33 Å². The predicted molar refractivity (Wildman–Crippen MR) is 51.9 cm³/mol. The molecule has 1 aromatic rings. The number of amides is 1. The SMILES string of the molecule is NC(=O)c1[nH]c[n+](CCOP(=O)(O)O)c1N. The second kappa shape index (κ2) is 4.62. The minimum Gasteiger partial charge on any atom is -0.363 e. The summed E-state index contributed by atoms with van der Waals surface area (Å²) in [4.78, 5) is 30.2. The number of nitrogens with one attached hydrogen (secondary N) is 1. The summed E-state index contributed by atoms with van der Waals surface area (Å²) in [5.74, 6) is -0.631. The highest BCUT2D eigenvalue weighted by molar-refractivity contribution is 7.46. The van der Waals surface area contributed by atoms with Gasteiger partial charge in [-0.25, -0.2) is 9.13 Å². The van der Waals surface area contributed by atoms with Gasteiger partial charge in [-0.15, -0.1) is 0 Å². The zero-order valence-electron chi connectivity index (χ0n) is 8.16. The number of hydrogen-bond donors (Lipinski definition) is 5. The molecule has 0 unspecified atom stereocenters. The van der Waals surface area contributed by atoms with Crippen LogP contribution in [-0.2, 0) is 15.6 Å². The van der Waals surface area contributed by atoms with Crippen molar-refractivity contribution in [2.45, 2.75) is 6.54 Å². The van der Waals surface area contributed by atoms with Gasteiger partial charge in [0.2, 0.25) is 5.69 Å². The van der Waals surface area contributed by atoms with Crippen LogP contribution in [0.2, 0.25) is 0 Å². The number of carbonyl (C=O) groups is 1. The molecule has 1 aromatic heterocycles. The fraction of sp³-hybridized carbons (Fsp3) is 0.333. The lowest BCUT2D eigenvalue weighted by Crippen LogP contribution is -2.37. The first kappa shape index (κ1) is 12.7. The molecule has 1 rings (SSSR count). The van der Waals surface area contributed by atoms with Gasteiger partial charge in [0.1, 0.15) is 0 Å². The van der Waals surface area contributed by atoms with Crippen molar-refractivity contribution in [3.8, 4) is 0 Å². The Bertz CT molecular complexity index is 438. The Morgan fingerprint density at radius 2 is 2.25 bits per heavy atom. The summed E-state index contributed by atoms with van der Waals surface area (Å²) in [5.41, 5.74) is 10.6. The molecule has 0 saturated heterocycles. The monoisotopic (exact) mass is 251 g/mol. The maximum Gasteiger partial charge on any atom is 0.469 e. The number of aromatic amines is 1. The van der Waals surface area contributed by atoms with Crippen molar-refractivity contribution in [2.24, 2.45) is 5.73 Å². The molecular formula is C6H12N4O5P+. The highest BCUT2D eigenvalue weighted by Gasteiger charge is 2.19. The average Bonchev–Trinajstić information content (AvgIpc) is 2.46. The van der Waals surface area contributed by atoms with Crippen LogP contribution in [0.25, 0.3) is 0 Å². The molecule has 0 aliphatic heterocycles. The van der Waals surface area contributed by atoms with Crippen LogP contribution in [0.5, 0.6) is 0 Å². The molecule has 10 heteroatoms. The van der Waals surface area contributed by atoms with Gasteiger partial charge in [-0.1, -0.05) is 0 Å². The van der Waals surface area contributed by atoms with Crippen molar-refractivity contribution in [3.05, 3.63) is 12.0 Å². The molecule has 0 aliphatic carbocycles. The van der Waals surface area contributed by atoms with Gasteiger partial charge < -0.3 is 21.3 Å². The predicted octanol–water partition coefficient (Wildman–Crippen LogP) is -1.91. The third-order valence-corrected chi connectivity index (χ3v) is 2.29. The number of nitrogens with zero attached hydrogens (tertiary/aromatic N) is 1. The molecule has 0 fully saturated rings. The van der Waals surface area contributed by atoms with E-state index in [1.807, 2.05) is 0 Å². The summed E-state index contributed by atoms with van der Waals surface area (Å²) in [5, 5.41) is 0. The Hall–Kier alpha value is -1.41. The molecule has 16 heavy (non-hydrogen) atoms. The Morgan fingerprint density at radius 1 is 1.62 bits per heavy atom. The van der Waals surface area contributed by atoms with Gasteiger partial charge in [-0.3, -0.25) is 14.3 Å². The second-order valence-corrected chi connectivity index (χ2v) is 4.15. The summed E-state index contributed by atoms with van der Waals surface area (Å²) in [6.07, 6.45) is 1.36. The van der Waals surface area contributed by atoms with E-state index in [1.165, 1.54) is 10.9 Å². The van der Waals surface area contributed by atoms with Crippen molar-refractivity contribution in [1.82, 2.24) is 4.98 Å². The van der Waals surface area contributed by atoms with Crippen LogP contribution >= 0.6 is 7.82 Å². The van der Waals surface area contributed by atoms with E-state index in [0.717, 1.165) is 0 Å². The van der Waals surface area contributed by atoms with Gasteiger partial charge in [0, 0.05) is 0 Å². The van der Waals surface area contributed by atoms with Gasteiger partial charge in [0.05, 0.1) is 13.2 Å². The van der Waals surface area contributed by atoms with Crippen molar-refractivity contribution >= 4 is 19.5 Å². The van der Waals surface area contributed by atoms with E-state index in [4.69, 9.17) is 21.3 Å². The number of phosphoric acid groups is 1. The molecule has 1 heterocycles. The van der Waals surface area contributed by atoms with Crippen molar-refractivity contribution < 1.29 is 28.2 Å². The lowest BCUT2D eigenvalue weighted by Gasteiger charge is -2.03. The van der Waals surface area contributed by atoms with Gasteiger partial charge >= 0.3 is 7.82 Å². The Balaban J connectivity index is 2.62. The lowest BCUT2D eigenvalue weighted by atomic mass is 10.4. The molecule has 0 aromatic carbocycles. The van der Waals surface area contributed by atoms with E-state index in [9.17, 15) is 9.36 Å². The number of primary amides is 1. The standard InChI is InChI=1S/C6H11N4O5P/c7-5-4(6(8)11)9-3-10(5)1-2-15-16(12,13)14/h3H,1-2H2,(H6,7,8,11,12,13,14)/p+1. The molecular weight excluding hydrogens is 239 g/mol. The Kier molecular flexibility index (Phi) is 3.66. The molecule has 0 bridgehead atoms. The molecule has 0 spiro atoms. The first-order valence-electron chi connectivity index (χ1n) is 4.17. The molecule has 90 valence electrons. The lowest BCUT2D eigenvalue weighted by molar-refractivity contribution is -0.682. The van der Waals surface area contributed by atoms with E-state index in [-0.39, 0.29) is 24.7 Å². The number of imidazole rings is 1. The molecule has 1 amide bonds. The third-order valence-electron chi connectivity index (χ3n) is 1.77. The number of nitrogens with two attached hydrogens (primary N) is 2. The van der Waals surface area contributed by atoms with Crippen LogP contribution in [0.3, 0.4) is 0 Å². The van der Waals surface area contributed by atoms with Gasteiger partial charge in [0.15, 0.2) is 6.33 Å². The number of anilines is 1. The Labute approximate surface area is 90.3 Å². The molecule has 0 saturated carbocycles. The Morgan fingerprint density at radius 3 is 2.69 bits per heavy atom. The zero-order valence-corrected chi connectivity index (χ0v) is 9.05. The average molecular weight is 251 g/mol. The van der Waals surface area contributed by atoms with Crippen molar-refractivity contribution in [1.29, 1.82) is 0 Å². The minimum atomic E-state index is -4.49. The van der Waals surface area contributed by atoms with Gasteiger partial charge in [-0.2, -0.15) is 0 Å². The number of aromatic nitrogens is 2. The fourth-order valence-electron chi connectivity index (χ4n) is 1.07. The van der Waals surface area contributed by atoms with Gasteiger partial charge in [0.25, 0.3) is 11.7 Å². The molecule has 7 N–H and O–H groups in total. The summed E-state index contributed by atoms with van der Waals surface area (Å²) >= 11 is 0. The van der Waals surface area contributed by atoms with Gasteiger partial charge in [-0.05, 0) is 0 Å². The topological polar surface area (TPSA) is 156 Å². The maximum atomic E-state index is 10.8. The molecule has 0 radical (unpaired) electrons. The first-order chi connectivity index (χ1) is 7.31. The quantitative estimate of drug-likeness (QED) is 0.304. The molecule has 0 atom stereocenters. The highest BCUT2D eigenvalue weighted by atomic mass is 31.2. The number of rotatable bonds is 5. The smallest absolute Gasteiger partial charge is 0.363 e. The van der Waals surface area contributed by atoms with Crippen molar-refractivity contribution in [2.75, 3.05) is 12.3 Å². The highest BCUT2D eigenvalue weighted by Crippen LogP contribution is 2.35. The number of hydrogen-bond acceptors (Lipinski definition) is 4. The van der Waals surface area contributed by atoms with Crippen LogP contribution in [-0.4, -0.2) is 27.3 Å². The van der Waals surface area contributed by atoms with Crippen molar-refractivity contribution in [3.63, 3.8) is 0 Å². The summed E-state index contributed by atoms with van der Waals surface area (Å²) in [6, 6.07) is 0. The number of nitrogen functional groups attached to an aromatic ring is 1. The largest absolute Gasteiger partial charge is 0.469 e.